The first-order chi connectivity index (χ1) is 10.3. The van der Waals surface area contributed by atoms with E-state index in [2.05, 4.69) is 18.8 Å². The monoisotopic (exact) mass is 328 g/mol. The van der Waals surface area contributed by atoms with Gasteiger partial charge in [-0.2, -0.15) is 0 Å². The van der Waals surface area contributed by atoms with Crippen LogP contribution in [0.5, 0.6) is 0 Å². The van der Waals surface area contributed by atoms with Crippen LogP contribution in [0.3, 0.4) is 0 Å². The van der Waals surface area contributed by atoms with Crippen molar-refractivity contribution in [1.82, 2.24) is 4.98 Å². The quantitative estimate of drug-likeness (QED) is 0.676. The lowest BCUT2D eigenvalue weighted by Gasteiger charge is -2.30. The van der Waals surface area contributed by atoms with Crippen molar-refractivity contribution in [3.05, 3.63) is 11.1 Å². The first-order valence-electron chi connectivity index (χ1n) is 7.42. The molecule has 0 aliphatic rings. The molecule has 1 heterocycles. The maximum absolute atomic E-state index is 12.6. The fourth-order valence-corrected chi connectivity index (χ4v) is 2.98. The van der Waals surface area contributed by atoms with Gasteiger partial charge in [0.1, 0.15) is 5.41 Å². The maximum Gasteiger partial charge on any atom is 0.318 e. The van der Waals surface area contributed by atoms with Crippen LogP contribution in [0, 0.1) is 5.92 Å². The Morgan fingerprint density at radius 1 is 1.45 bits per heavy atom. The Hall–Kier alpha value is -1.63. The Bertz CT molecular complexity index is 515. The molecule has 1 aromatic rings. The number of nitrogens with two attached hydrogens (primary N) is 1. The highest BCUT2D eigenvalue weighted by Gasteiger charge is 2.43. The number of rotatable bonds is 9. The minimum Gasteiger partial charge on any atom is -0.481 e. The van der Waals surface area contributed by atoms with Crippen LogP contribution in [0.4, 0.5) is 5.13 Å². The summed E-state index contributed by atoms with van der Waals surface area (Å²) in [6.45, 7) is 6.09. The van der Waals surface area contributed by atoms with Crippen molar-refractivity contribution in [3.63, 3.8) is 0 Å². The molecule has 0 spiro atoms. The van der Waals surface area contributed by atoms with Crippen molar-refractivity contribution in [3.8, 4) is 0 Å². The minimum atomic E-state index is -1.03. The normalized spacial score (nSPS) is 13.8. The lowest BCUT2D eigenvalue weighted by molar-refractivity contribution is -0.151. The summed E-state index contributed by atoms with van der Waals surface area (Å²) in [6.07, 6.45) is 1.32. The molecule has 0 amide bonds. The molecule has 1 unspecified atom stereocenters. The van der Waals surface area contributed by atoms with Crippen LogP contribution in [0.1, 0.15) is 52.1 Å². The van der Waals surface area contributed by atoms with Crippen LogP contribution < -0.4 is 5.73 Å². The molecule has 0 aromatic carbocycles. The second kappa shape index (κ2) is 8.12. The van der Waals surface area contributed by atoms with E-state index in [-0.39, 0.29) is 19.4 Å². The van der Waals surface area contributed by atoms with Gasteiger partial charge in [-0.3, -0.25) is 9.59 Å². The summed E-state index contributed by atoms with van der Waals surface area (Å²) in [5, 5.41) is 11.1. The molecule has 1 atom stereocenters. The second-order valence-electron chi connectivity index (χ2n) is 5.70. The lowest BCUT2D eigenvalue weighted by atomic mass is 9.75. The number of hydrogen-bond acceptors (Lipinski definition) is 6. The summed E-state index contributed by atoms with van der Waals surface area (Å²) < 4.78 is 5.23. The third-order valence-electron chi connectivity index (χ3n) is 3.59. The first-order valence-corrected chi connectivity index (χ1v) is 8.30. The van der Waals surface area contributed by atoms with Crippen molar-refractivity contribution in [2.45, 2.75) is 51.9 Å². The van der Waals surface area contributed by atoms with Gasteiger partial charge in [0.15, 0.2) is 5.13 Å². The van der Waals surface area contributed by atoms with Gasteiger partial charge in [-0.05, 0) is 32.1 Å². The van der Waals surface area contributed by atoms with Crippen molar-refractivity contribution >= 4 is 28.4 Å². The van der Waals surface area contributed by atoms with E-state index in [1.165, 1.54) is 11.3 Å². The molecule has 0 saturated carbocycles. The van der Waals surface area contributed by atoms with Crippen molar-refractivity contribution < 1.29 is 19.4 Å². The zero-order valence-corrected chi connectivity index (χ0v) is 14.1. The number of aromatic nitrogens is 1. The number of ether oxygens (including phenoxy) is 1. The van der Waals surface area contributed by atoms with Gasteiger partial charge in [-0.1, -0.05) is 13.8 Å². The van der Waals surface area contributed by atoms with Crippen molar-refractivity contribution in [2.75, 3.05) is 12.3 Å². The van der Waals surface area contributed by atoms with Crippen molar-refractivity contribution in [2.24, 2.45) is 5.92 Å². The fraction of sp³-hybridized carbons (Fsp3) is 0.667. The average Bonchev–Trinajstić information content (AvgIpc) is 2.86. The number of carbonyl (C=O) groups excluding carboxylic acids is 1. The van der Waals surface area contributed by atoms with Gasteiger partial charge in [-0.15, -0.1) is 11.3 Å². The number of carboxylic acid groups (broad SMARTS) is 1. The molecule has 0 fully saturated rings. The Morgan fingerprint density at radius 3 is 2.59 bits per heavy atom. The van der Waals surface area contributed by atoms with E-state index < -0.39 is 17.4 Å². The van der Waals surface area contributed by atoms with E-state index in [1.807, 2.05) is 0 Å². The molecular weight excluding hydrogens is 304 g/mol. The van der Waals surface area contributed by atoms with Crippen LogP contribution in [-0.2, 0) is 19.7 Å². The number of esters is 1. The van der Waals surface area contributed by atoms with Gasteiger partial charge in [0.2, 0.25) is 0 Å². The van der Waals surface area contributed by atoms with Gasteiger partial charge in [0.05, 0.1) is 12.3 Å². The third-order valence-corrected chi connectivity index (χ3v) is 4.27. The summed E-state index contributed by atoms with van der Waals surface area (Å²) in [5.41, 5.74) is 5.19. The number of anilines is 1. The number of aliphatic carboxylic acids is 1. The van der Waals surface area contributed by atoms with Crippen LogP contribution in [0.25, 0.3) is 0 Å². The molecule has 0 aliphatic heterocycles. The molecule has 1 rings (SSSR count). The Kier molecular flexibility index (Phi) is 6.80. The number of nitrogens with zero attached hydrogens (tertiary/aromatic N) is 1. The zero-order chi connectivity index (χ0) is 16.8. The minimum absolute atomic E-state index is 0.117. The van der Waals surface area contributed by atoms with E-state index in [0.29, 0.717) is 23.2 Å². The molecule has 6 nitrogen and oxygen atoms in total. The van der Waals surface area contributed by atoms with Gasteiger partial charge < -0.3 is 15.6 Å². The molecule has 1 aromatic heterocycles. The summed E-state index contributed by atoms with van der Waals surface area (Å²) in [6, 6.07) is 0. The highest BCUT2D eigenvalue weighted by Crippen LogP contribution is 2.38. The molecule has 0 radical (unpaired) electrons. The predicted molar refractivity (Wildman–Crippen MR) is 85.8 cm³/mol. The first kappa shape index (κ1) is 18.4. The Balaban J connectivity index is 3.20. The maximum atomic E-state index is 12.6. The number of carboxylic acids is 1. The molecule has 124 valence electrons. The Labute approximate surface area is 134 Å². The Morgan fingerprint density at radius 2 is 2.14 bits per heavy atom. The van der Waals surface area contributed by atoms with Crippen LogP contribution in [0.2, 0.25) is 0 Å². The molecule has 0 bridgehead atoms. The molecule has 0 saturated heterocycles. The van der Waals surface area contributed by atoms with Crippen LogP contribution in [0.15, 0.2) is 5.38 Å². The molecule has 22 heavy (non-hydrogen) atoms. The molecule has 0 aliphatic carbocycles. The molecule has 3 N–H and O–H groups in total. The van der Waals surface area contributed by atoms with E-state index in [4.69, 9.17) is 15.6 Å². The van der Waals surface area contributed by atoms with Gasteiger partial charge in [-0.25, -0.2) is 4.98 Å². The summed E-state index contributed by atoms with van der Waals surface area (Å²) in [4.78, 5) is 27.9. The standard InChI is InChI=1S/C15H24N2O4S/c1-4-21-13(20)15(7-5-10(2)3,8-6-12(18)19)11-9-22-14(16)17-11/h9-10H,4-8H2,1-3H3,(H2,16,17)(H,18,19). The van der Waals surface area contributed by atoms with Crippen molar-refractivity contribution in [1.29, 1.82) is 0 Å². The lowest BCUT2D eigenvalue weighted by Crippen LogP contribution is -2.39. The van der Waals surface area contributed by atoms with E-state index in [9.17, 15) is 9.59 Å². The van der Waals surface area contributed by atoms with E-state index in [1.54, 1.807) is 12.3 Å². The summed E-state index contributed by atoms with van der Waals surface area (Å²) in [7, 11) is 0. The highest BCUT2D eigenvalue weighted by molar-refractivity contribution is 7.13. The number of carbonyl (C=O) groups is 2. The van der Waals surface area contributed by atoms with Crippen LogP contribution >= 0.6 is 11.3 Å². The third kappa shape index (κ3) is 4.69. The number of nitrogen functional groups attached to an aromatic ring is 1. The number of hydrogen-bond donors (Lipinski definition) is 2. The second-order valence-corrected chi connectivity index (χ2v) is 6.59. The summed E-state index contributed by atoms with van der Waals surface area (Å²) >= 11 is 1.25. The smallest absolute Gasteiger partial charge is 0.318 e. The zero-order valence-electron chi connectivity index (χ0n) is 13.3. The largest absolute Gasteiger partial charge is 0.481 e. The van der Waals surface area contributed by atoms with E-state index in [0.717, 1.165) is 6.42 Å². The summed E-state index contributed by atoms with van der Waals surface area (Å²) in [5.74, 6) is -0.974. The number of thiazole rings is 1. The molecule has 7 heteroatoms. The topological polar surface area (TPSA) is 103 Å². The molecular formula is C15H24N2O4S. The SMILES string of the molecule is CCOC(=O)C(CCC(=O)O)(CCC(C)C)c1csc(N)n1. The van der Waals surface area contributed by atoms with Gasteiger partial charge in [0, 0.05) is 11.8 Å². The van der Waals surface area contributed by atoms with E-state index >= 15 is 0 Å². The fourth-order valence-electron chi connectivity index (χ4n) is 2.32. The van der Waals surface area contributed by atoms with Gasteiger partial charge >= 0.3 is 11.9 Å². The predicted octanol–water partition coefficient (Wildman–Crippen LogP) is 2.83. The highest BCUT2D eigenvalue weighted by atomic mass is 32.1. The van der Waals surface area contributed by atoms with Crippen LogP contribution in [-0.4, -0.2) is 28.6 Å². The average molecular weight is 328 g/mol. The van der Waals surface area contributed by atoms with Gasteiger partial charge in [0.25, 0.3) is 0 Å².